The molecule has 0 saturated carbocycles. The van der Waals surface area contributed by atoms with Crippen LogP contribution >= 0.6 is 0 Å². The highest BCUT2D eigenvalue weighted by atomic mass is 16.4. The number of nitrogens with zero attached hydrogens (tertiary/aromatic N) is 4. The number of nitrogens with one attached hydrogen (secondary N) is 1. The summed E-state index contributed by atoms with van der Waals surface area (Å²) in [6, 6.07) is 8.71. The van der Waals surface area contributed by atoms with Gasteiger partial charge < -0.3 is 9.73 Å². The lowest BCUT2D eigenvalue weighted by molar-refractivity contribution is 0.102. The minimum Gasteiger partial charge on any atom is -0.421 e. The Kier molecular flexibility index (Phi) is 4.56. The summed E-state index contributed by atoms with van der Waals surface area (Å²) in [5.41, 5.74) is 2.09. The molecule has 3 aromatic rings. The maximum absolute atomic E-state index is 12.4. The summed E-state index contributed by atoms with van der Waals surface area (Å²) in [6.45, 7) is 7.63. The van der Waals surface area contributed by atoms with Crippen LogP contribution in [0.4, 0.5) is 5.82 Å². The van der Waals surface area contributed by atoms with Crippen LogP contribution in [0.15, 0.2) is 34.7 Å². The van der Waals surface area contributed by atoms with Gasteiger partial charge in [-0.15, -0.1) is 10.2 Å². The normalized spacial score (nSPS) is 10.9. The fourth-order valence-electron chi connectivity index (χ4n) is 2.28. The van der Waals surface area contributed by atoms with Crippen LogP contribution in [-0.2, 0) is 0 Å². The monoisotopic (exact) mass is 337 g/mol. The number of hydrogen-bond donors (Lipinski definition) is 1. The largest absolute Gasteiger partial charge is 0.421 e. The Labute approximate surface area is 145 Å². The molecule has 0 aliphatic rings. The van der Waals surface area contributed by atoms with Crippen LogP contribution in [0.25, 0.3) is 11.5 Å². The van der Waals surface area contributed by atoms with Crippen molar-refractivity contribution in [2.24, 2.45) is 0 Å². The van der Waals surface area contributed by atoms with Crippen LogP contribution in [0.3, 0.4) is 0 Å². The average molecular weight is 337 g/mol. The zero-order valence-corrected chi connectivity index (χ0v) is 14.6. The molecule has 7 heteroatoms. The second-order valence-corrected chi connectivity index (χ2v) is 6.07. The van der Waals surface area contributed by atoms with Gasteiger partial charge in [0.15, 0.2) is 0 Å². The molecule has 3 rings (SSSR count). The molecule has 0 radical (unpaired) electrons. The van der Waals surface area contributed by atoms with Gasteiger partial charge in [0.25, 0.3) is 5.91 Å². The molecule has 0 fully saturated rings. The molecule has 0 spiro atoms. The number of aromatic nitrogens is 4. The molecule has 0 unspecified atom stereocenters. The standard InChI is InChI=1S/C18H19N5O2/c1-10(2)16-19-11(3)9-15(20-16)21-17(24)13-5-7-14(8-6-13)18-23-22-12(4)25-18/h5-10H,1-4H3,(H,19,20,21,24). The lowest BCUT2D eigenvalue weighted by Crippen LogP contribution is -2.14. The van der Waals surface area contributed by atoms with Gasteiger partial charge in [-0.2, -0.15) is 0 Å². The van der Waals surface area contributed by atoms with E-state index in [0.29, 0.717) is 29.0 Å². The molecule has 2 heterocycles. The van der Waals surface area contributed by atoms with E-state index in [1.165, 1.54) is 0 Å². The third-order valence-electron chi connectivity index (χ3n) is 3.55. The first-order valence-corrected chi connectivity index (χ1v) is 8.00. The maximum Gasteiger partial charge on any atom is 0.256 e. The fourth-order valence-corrected chi connectivity index (χ4v) is 2.28. The van der Waals surface area contributed by atoms with Crippen molar-refractivity contribution >= 4 is 11.7 Å². The first kappa shape index (κ1) is 16.8. The van der Waals surface area contributed by atoms with Gasteiger partial charge in [0.1, 0.15) is 11.6 Å². The highest BCUT2D eigenvalue weighted by Gasteiger charge is 2.12. The predicted molar refractivity (Wildman–Crippen MR) is 93.3 cm³/mol. The number of aryl methyl sites for hydroxylation is 2. The molecule has 0 saturated heterocycles. The van der Waals surface area contributed by atoms with Gasteiger partial charge in [0.05, 0.1) is 0 Å². The molecule has 0 aliphatic carbocycles. The molecule has 1 N–H and O–H groups in total. The maximum atomic E-state index is 12.4. The van der Waals surface area contributed by atoms with Gasteiger partial charge in [-0.1, -0.05) is 13.8 Å². The summed E-state index contributed by atoms with van der Waals surface area (Å²) in [5, 5.41) is 10.6. The van der Waals surface area contributed by atoms with E-state index in [2.05, 4.69) is 25.5 Å². The van der Waals surface area contributed by atoms with Crippen LogP contribution in [-0.4, -0.2) is 26.1 Å². The first-order valence-electron chi connectivity index (χ1n) is 8.00. The highest BCUT2D eigenvalue weighted by Crippen LogP contribution is 2.19. The molecular weight excluding hydrogens is 318 g/mol. The topological polar surface area (TPSA) is 93.8 Å². The number of carbonyl (C=O) groups excluding carboxylic acids is 1. The van der Waals surface area contributed by atoms with E-state index in [1.54, 1.807) is 37.3 Å². The zero-order chi connectivity index (χ0) is 18.0. The number of amides is 1. The number of benzene rings is 1. The van der Waals surface area contributed by atoms with Crippen molar-refractivity contribution in [1.29, 1.82) is 0 Å². The lowest BCUT2D eigenvalue weighted by Gasteiger charge is -2.09. The molecule has 0 atom stereocenters. The summed E-state index contributed by atoms with van der Waals surface area (Å²) in [6.07, 6.45) is 0. The second-order valence-electron chi connectivity index (χ2n) is 6.07. The molecule has 2 aromatic heterocycles. The van der Waals surface area contributed by atoms with Gasteiger partial charge in [-0.3, -0.25) is 4.79 Å². The lowest BCUT2D eigenvalue weighted by atomic mass is 10.1. The van der Waals surface area contributed by atoms with Crippen LogP contribution in [0.2, 0.25) is 0 Å². The molecule has 0 aliphatic heterocycles. The smallest absolute Gasteiger partial charge is 0.256 e. The molecule has 7 nitrogen and oxygen atoms in total. The van der Waals surface area contributed by atoms with Gasteiger partial charge >= 0.3 is 0 Å². The van der Waals surface area contributed by atoms with Crippen molar-refractivity contribution in [3.05, 3.63) is 53.3 Å². The van der Waals surface area contributed by atoms with E-state index in [4.69, 9.17) is 4.42 Å². The molecule has 1 aromatic carbocycles. The van der Waals surface area contributed by atoms with Crippen molar-refractivity contribution < 1.29 is 9.21 Å². The van der Waals surface area contributed by atoms with E-state index < -0.39 is 0 Å². The van der Waals surface area contributed by atoms with Crippen molar-refractivity contribution in [3.8, 4) is 11.5 Å². The van der Waals surface area contributed by atoms with Crippen LogP contribution in [0.5, 0.6) is 0 Å². The first-order chi connectivity index (χ1) is 11.9. The average Bonchev–Trinajstić information content (AvgIpc) is 3.01. The summed E-state index contributed by atoms with van der Waals surface area (Å²) in [4.78, 5) is 21.2. The Morgan fingerprint density at radius 3 is 2.40 bits per heavy atom. The van der Waals surface area contributed by atoms with Crippen molar-refractivity contribution in [3.63, 3.8) is 0 Å². The zero-order valence-electron chi connectivity index (χ0n) is 14.6. The highest BCUT2D eigenvalue weighted by molar-refractivity contribution is 6.03. The molecular formula is C18H19N5O2. The summed E-state index contributed by atoms with van der Waals surface area (Å²) in [7, 11) is 0. The number of hydrogen-bond acceptors (Lipinski definition) is 6. The van der Waals surface area contributed by atoms with Crippen LogP contribution < -0.4 is 5.32 Å². The van der Waals surface area contributed by atoms with E-state index in [1.807, 2.05) is 20.8 Å². The third kappa shape index (κ3) is 3.88. The van der Waals surface area contributed by atoms with Gasteiger partial charge in [-0.25, -0.2) is 9.97 Å². The third-order valence-corrected chi connectivity index (χ3v) is 3.55. The second kappa shape index (κ2) is 6.80. The Hall–Kier alpha value is -3.09. The summed E-state index contributed by atoms with van der Waals surface area (Å²) >= 11 is 0. The van der Waals surface area contributed by atoms with E-state index in [0.717, 1.165) is 11.3 Å². The predicted octanol–water partition coefficient (Wildman–Crippen LogP) is 3.52. The SMILES string of the molecule is Cc1cc(NC(=O)c2ccc(-c3nnc(C)o3)cc2)nc(C(C)C)n1. The minimum absolute atomic E-state index is 0.188. The minimum atomic E-state index is -0.235. The Bertz CT molecular complexity index is 900. The van der Waals surface area contributed by atoms with Gasteiger partial charge in [0.2, 0.25) is 11.8 Å². The fraction of sp³-hybridized carbons (Fsp3) is 0.278. The molecule has 128 valence electrons. The van der Waals surface area contributed by atoms with Crippen molar-refractivity contribution in [2.75, 3.05) is 5.32 Å². The Morgan fingerprint density at radius 2 is 1.80 bits per heavy atom. The molecule has 25 heavy (non-hydrogen) atoms. The number of rotatable bonds is 4. The van der Waals surface area contributed by atoms with Gasteiger partial charge in [0, 0.05) is 35.7 Å². The van der Waals surface area contributed by atoms with E-state index in [-0.39, 0.29) is 11.8 Å². The number of carbonyl (C=O) groups is 1. The van der Waals surface area contributed by atoms with Crippen LogP contribution in [0, 0.1) is 13.8 Å². The quantitative estimate of drug-likeness (QED) is 0.783. The summed E-state index contributed by atoms with van der Waals surface area (Å²) < 4.78 is 5.37. The molecule has 0 bridgehead atoms. The van der Waals surface area contributed by atoms with E-state index >= 15 is 0 Å². The Morgan fingerprint density at radius 1 is 1.08 bits per heavy atom. The number of anilines is 1. The van der Waals surface area contributed by atoms with E-state index in [9.17, 15) is 4.79 Å². The van der Waals surface area contributed by atoms with Crippen molar-refractivity contribution in [2.45, 2.75) is 33.6 Å². The Balaban J connectivity index is 1.77. The van der Waals surface area contributed by atoms with Gasteiger partial charge in [-0.05, 0) is 31.2 Å². The van der Waals surface area contributed by atoms with Crippen molar-refractivity contribution in [1.82, 2.24) is 20.2 Å². The summed E-state index contributed by atoms with van der Waals surface area (Å²) in [5.74, 6) is 2.08. The van der Waals surface area contributed by atoms with Crippen LogP contribution in [0.1, 0.15) is 47.5 Å². The molecule has 1 amide bonds.